The van der Waals surface area contributed by atoms with Gasteiger partial charge in [0.1, 0.15) is 0 Å². The lowest BCUT2D eigenvalue weighted by molar-refractivity contribution is 0.558. The molecule has 0 aliphatic heterocycles. The molecule has 1 fully saturated rings. The van der Waals surface area contributed by atoms with Crippen molar-refractivity contribution in [3.63, 3.8) is 0 Å². The molecule has 0 spiro atoms. The van der Waals surface area contributed by atoms with Crippen LogP contribution in [0.4, 0.5) is 12.0 Å². The van der Waals surface area contributed by atoms with Crippen molar-refractivity contribution in [2.45, 2.75) is 32.2 Å². The predicted octanol–water partition coefficient (Wildman–Crippen LogP) is 1.25. The summed E-state index contributed by atoms with van der Waals surface area (Å²) in [5.74, 6) is 0.891. The molecule has 0 bridgehead atoms. The zero-order valence-corrected chi connectivity index (χ0v) is 7.66. The molecule has 5 nitrogen and oxygen atoms in total. The molecule has 5 heteroatoms. The largest absolute Gasteiger partial charge is 0.390 e. The van der Waals surface area contributed by atoms with E-state index in [1.165, 1.54) is 19.3 Å². The monoisotopic (exact) mass is 182 g/mol. The van der Waals surface area contributed by atoms with Crippen molar-refractivity contribution in [3.05, 3.63) is 0 Å². The number of nitrogens with zero attached hydrogens (tertiary/aromatic N) is 2. The standard InChI is InChI=1S/C8H14N4O/c1-5(4-6-2-3-6)10-8-12-11-7(9)13-8/h5-6H,2-4H2,1H3,(H2,9,11)(H,10,12). The predicted molar refractivity (Wildman–Crippen MR) is 49.1 cm³/mol. The molecule has 3 N–H and O–H groups in total. The Labute approximate surface area is 76.7 Å². The van der Waals surface area contributed by atoms with Crippen molar-refractivity contribution >= 4 is 12.0 Å². The Balaban J connectivity index is 1.82. The summed E-state index contributed by atoms with van der Waals surface area (Å²) in [6.45, 7) is 2.11. The average Bonchev–Trinajstić information content (AvgIpc) is 2.76. The Hall–Kier alpha value is -1.26. The highest BCUT2D eigenvalue weighted by molar-refractivity contribution is 5.23. The molecule has 1 saturated carbocycles. The average molecular weight is 182 g/mol. The van der Waals surface area contributed by atoms with Crippen molar-refractivity contribution < 1.29 is 4.42 Å². The summed E-state index contributed by atoms with van der Waals surface area (Å²) >= 11 is 0. The molecule has 0 amide bonds. The molecule has 1 atom stereocenters. The van der Waals surface area contributed by atoms with Gasteiger partial charge in [-0.15, -0.1) is 0 Å². The Morgan fingerprint density at radius 3 is 2.92 bits per heavy atom. The van der Waals surface area contributed by atoms with E-state index in [-0.39, 0.29) is 6.01 Å². The Bertz CT molecular complexity index is 281. The summed E-state index contributed by atoms with van der Waals surface area (Å²) in [5.41, 5.74) is 5.29. The fourth-order valence-electron chi connectivity index (χ4n) is 1.42. The molecular weight excluding hydrogens is 168 g/mol. The number of nitrogen functional groups attached to an aromatic ring is 1. The lowest BCUT2D eigenvalue weighted by Gasteiger charge is -2.09. The first-order valence-electron chi connectivity index (χ1n) is 4.59. The highest BCUT2D eigenvalue weighted by Crippen LogP contribution is 2.33. The van der Waals surface area contributed by atoms with Gasteiger partial charge in [0.25, 0.3) is 0 Å². The van der Waals surface area contributed by atoms with Gasteiger partial charge in [-0.05, 0) is 19.3 Å². The molecule has 1 heterocycles. The van der Waals surface area contributed by atoms with Gasteiger partial charge >= 0.3 is 12.0 Å². The Morgan fingerprint density at radius 2 is 2.38 bits per heavy atom. The molecule has 1 aromatic heterocycles. The van der Waals surface area contributed by atoms with E-state index in [4.69, 9.17) is 10.2 Å². The second-order valence-corrected chi connectivity index (χ2v) is 3.67. The highest BCUT2D eigenvalue weighted by Gasteiger charge is 2.24. The number of aromatic nitrogens is 2. The van der Waals surface area contributed by atoms with Crippen LogP contribution in [-0.4, -0.2) is 16.2 Å². The number of hydrogen-bond donors (Lipinski definition) is 2. The Kier molecular flexibility index (Phi) is 2.08. The summed E-state index contributed by atoms with van der Waals surface area (Å²) in [7, 11) is 0. The minimum absolute atomic E-state index is 0.112. The van der Waals surface area contributed by atoms with Crippen molar-refractivity contribution in [1.82, 2.24) is 10.2 Å². The molecule has 13 heavy (non-hydrogen) atoms. The van der Waals surface area contributed by atoms with Crippen LogP contribution in [0.3, 0.4) is 0 Å². The lowest BCUT2D eigenvalue weighted by Crippen LogP contribution is -2.15. The van der Waals surface area contributed by atoms with Crippen LogP contribution in [0, 0.1) is 5.92 Å². The second-order valence-electron chi connectivity index (χ2n) is 3.67. The van der Waals surface area contributed by atoms with Gasteiger partial charge < -0.3 is 15.5 Å². The molecule has 1 unspecified atom stereocenters. The third-order valence-corrected chi connectivity index (χ3v) is 2.19. The summed E-state index contributed by atoms with van der Waals surface area (Å²) in [4.78, 5) is 0. The minimum Gasteiger partial charge on any atom is -0.390 e. The van der Waals surface area contributed by atoms with Crippen molar-refractivity contribution in [2.24, 2.45) is 5.92 Å². The number of nitrogens with two attached hydrogens (primary N) is 1. The van der Waals surface area contributed by atoms with Gasteiger partial charge in [0.05, 0.1) is 0 Å². The maximum Gasteiger partial charge on any atom is 0.317 e. The number of rotatable bonds is 4. The summed E-state index contributed by atoms with van der Waals surface area (Å²) in [6, 6.07) is 0.916. The van der Waals surface area contributed by atoms with Crippen LogP contribution >= 0.6 is 0 Å². The molecular formula is C8H14N4O. The fraction of sp³-hybridized carbons (Fsp3) is 0.750. The van der Waals surface area contributed by atoms with Crippen LogP contribution in [0.2, 0.25) is 0 Å². The van der Waals surface area contributed by atoms with E-state index >= 15 is 0 Å². The molecule has 0 aromatic carbocycles. The quantitative estimate of drug-likeness (QED) is 0.732. The fourth-order valence-corrected chi connectivity index (χ4v) is 1.42. The summed E-state index contributed by atoms with van der Waals surface area (Å²) in [5, 5.41) is 10.4. The summed E-state index contributed by atoms with van der Waals surface area (Å²) < 4.78 is 5.00. The van der Waals surface area contributed by atoms with Gasteiger partial charge in [0, 0.05) is 6.04 Å². The molecule has 1 aromatic rings. The van der Waals surface area contributed by atoms with E-state index in [0.29, 0.717) is 12.1 Å². The Morgan fingerprint density at radius 1 is 1.62 bits per heavy atom. The number of hydrogen-bond acceptors (Lipinski definition) is 5. The maximum absolute atomic E-state index is 5.29. The van der Waals surface area contributed by atoms with E-state index in [2.05, 4.69) is 22.4 Å². The lowest BCUT2D eigenvalue weighted by atomic mass is 10.2. The topological polar surface area (TPSA) is 77.0 Å². The van der Waals surface area contributed by atoms with Gasteiger partial charge in [0.2, 0.25) is 0 Å². The van der Waals surface area contributed by atoms with Crippen molar-refractivity contribution in [1.29, 1.82) is 0 Å². The van der Waals surface area contributed by atoms with Crippen LogP contribution < -0.4 is 11.1 Å². The third kappa shape index (κ3) is 2.34. The first-order chi connectivity index (χ1) is 6.24. The van der Waals surface area contributed by atoms with E-state index < -0.39 is 0 Å². The van der Waals surface area contributed by atoms with E-state index in [1.54, 1.807) is 0 Å². The zero-order chi connectivity index (χ0) is 9.26. The van der Waals surface area contributed by atoms with Crippen LogP contribution in [0.1, 0.15) is 26.2 Å². The highest BCUT2D eigenvalue weighted by atomic mass is 16.4. The number of anilines is 2. The maximum atomic E-state index is 5.29. The van der Waals surface area contributed by atoms with Gasteiger partial charge in [0.15, 0.2) is 0 Å². The molecule has 0 saturated heterocycles. The normalized spacial score (nSPS) is 18.5. The SMILES string of the molecule is CC(CC1CC1)Nc1nnc(N)o1. The molecule has 0 radical (unpaired) electrons. The van der Waals surface area contributed by atoms with Crippen LogP contribution in [-0.2, 0) is 0 Å². The van der Waals surface area contributed by atoms with E-state index in [1.807, 2.05) is 0 Å². The first-order valence-corrected chi connectivity index (χ1v) is 4.59. The van der Waals surface area contributed by atoms with Crippen LogP contribution in [0.15, 0.2) is 4.42 Å². The van der Waals surface area contributed by atoms with Crippen LogP contribution in [0.5, 0.6) is 0 Å². The second kappa shape index (κ2) is 3.24. The van der Waals surface area contributed by atoms with Gasteiger partial charge in [-0.2, -0.15) is 0 Å². The summed E-state index contributed by atoms with van der Waals surface area (Å²) in [6.07, 6.45) is 3.89. The van der Waals surface area contributed by atoms with Crippen LogP contribution in [0.25, 0.3) is 0 Å². The molecule has 72 valence electrons. The first kappa shape index (κ1) is 8.34. The number of nitrogens with one attached hydrogen (secondary N) is 1. The van der Waals surface area contributed by atoms with E-state index in [0.717, 1.165) is 5.92 Å². The third-order valence-electron chi connectivity index (χ3n) is 2.19. The zero-order valence-electron chi connectivity index (χ0n) is 7.66. The van der Waals surface area contributed by atoms with E-state index in [9.17, 15) is 0 Å². The van der Waals surface area contributed by atoms with Crippen molar-refractivity contribution in [3.8, 4) is 0 Å². The van der Waals surface area contributed by atoms with Gasteiger partial charge in [-0.25, -0.2) is 0 Å². The molecule has 1 aliphatic carbocycles. The van der Waals surface area contributed by atoms with Gasteiger partial charge in [-0.1, -0.05) is 23.0 Å². The smallest absolute Gasteiger partial charge is 0.317 e. The van der Waals surface area contributed by atoms with Gasteiger partial charge in [-0.3, -0.25) is 0 Å². The van der Waals surface area contributed by atoms with Crippen molar-refractivity contribution in [2.75, 3.05) is 11.1 Å². The molecule has 1 aliphatic rings. The minimum atomic E-state index is 0.112. The molecule has 2 rings (SSSR count).